The van der Waals surface area contributed by atoms with E-state index in [4.69, 9.17) is 10.5 Å². The Bertz CT molecular complexity index is 327. The van der Waals surface area contributed by atoms with Crippen molar-refractivity contribution in [2.24, 2.45) is 11.7 Å². The summed E-state index contributed by atoms with van der Waals surface area (Å²) >= 11 is 0. The van der Waals surface area contributed by atoms with E-state index in [1.54, 1.807) is 6.07 Å². The number of ether oxygens (including phenoxy) is 1. The molecule has 2 atom stereocenters. The fourth-order valence-corrected chi connectivity index (χ4v) is 1.56. The maximum absolute atomic E-state index is 13.4. The van der Waals surface area contributed by atoms with Crippen LogP contribution in [0.3, 0.4) is 0 Å². The van der Waals surface area contributed by atoms with Gasteiger partial charge in [0.05, 0.1) is 7.11 Å². The Balaban J connectivity index is 3.07. The van der Waals surface area contributed by atoms with Crippen LogP contribution in [0.5, 0.6) is 5.75 Å². The molecule has 2 nitrogen and oxygen atoms in total. The molecule has 0 bridgehead atoms. The highest BCUT2D eigenvalue weighted by atomic mass is 19.1. The molecule has 0 radical (unpaired) electrons. The Hall–Kier alpha value is -1.09. The third-order valence-electron chi connectivity index (χ3n) is 2.82. The minimum atomic E-state index is -0.353. The summed E-state index contributed by atoms with van der Waals surface area (Å²) in [5.41, 5.74) is 6.79. The van der Waals surface area contributed by atoms with Gasteiger partial charge in [0.25, 0.3) is 0 Å². The van der Waals surface area contributed by atoms with E-state index in [1.807, 2.05) is 6.07 Å². The third-order valence-corrected chi connectivity index (χ3v) is 2.82. The SMILES string of the molecule is CCC(C)[C@H](N)c1cccc(F)c1OC. The molecule has 1 rings (SSSR count). The van der Waals surface area contributed by atoms with Crippen LogP contribution in [0.4, 0.5) is 4.39 Å². The summed E-state index contributed by atoms with van der Waals surface area (Å²) in [5.74, 6) is 0.222. The summed E-state index contributed by atoms with van der Waals surface area (Å²) in [6.45, 7) is 4.12. The van der Waals surface area contributed by atoms with Crippen LogP contribution in [-0.2, 0) is 0 Å². The van der Waals surface area contributed by atoms with Crippen molar-refractivity contribution >= 4 is 0 Å². The number of hydrogen-bond acceptors (Lipinski definition) is 2. The van der Waals surface area contributed by atoms with Crippen molar-refractivity contribution in [1.82, 2.24) is 0 Å². The highest BCUT2D eigenvalue weighted by Crippen LogP contribution is 2.31. The average Bonchev–Trinajstić information content (AvgIpc) is 2.26. The van der Waals surface area contributed by atoms with Gasteiger partial charge >= 0.3 is 0 Å². The smallest absolute Gasteiger partial charge is 0.165 e. The molecule has 0 saturated heterocycles. The molecule has 0 aliphatic carbocycles. The first kappa shape index (κ1) is 12.0. The van der Waals surface area contributed by atoms with Crippen molar-refractivity contribution in [3.63, 3.8) is 0 Å². The average molecular weight is 211 g/mol. The first-order chi connectivity index (χ1) is 7.11. The summed E-state index contributed by atoms with van der Waals surface area (Å²) in [7, 11) is 1.46. The minimum absolute atomic E-state index is 0.180. The Kier molecular flexibility index (Phi) is 4.09. The van der Waals surface area contributed by atoms with Crippen molar-refractivity contribution in [3.8, 4) is 5.75 Å². The van der Waals surface area contributed by atoms with Crippen LogP contribution in [0.2, 0.25) is 0 Å². The summed E-state index contributed by atoms with van der Waals surface area (Å²) in [4.78, 5) is 0. The van der Waals surface area contributed by atoms with E-state index in [0.29, 0.717) is 5.92 Å². The molecule has 84 valence electrons. The van der Waals surface area contributed by atoms with Crippen LogP contribution in [0, 0.1) is 11.7 Å². The minimum Gasteiger partial charge on any atom is -0.493 e. The first-order valence-corrected chi connectivity index (χ1v) is 5.19. The van der Waals surface area contributed by atoms with Crippen molar-refractivity contribution in [3.05, 3.63) is 29.6 Å². The highest BCUT2D eigenvalue weighted by Gasteiger charge is 2.19. The molecular weight excluding hydrogens is 193 g/mol. The van der Waals surface area contributed by atoms with Gasteiger partial charge in [-0.2, -0.15) is 0 Å². The van der Waals surface area contributed by atoms with Crippen LogP contribution < -0.4 is 10.5 Å². The number of nitrogens with two attached hydrogens (primary N) is 1. The van der Waals surface area contributed by atoms with Crippen LogP contribution in [-0.4, -0.2) is 7.11 Å². The molecule has 0 spiro atoms. The molecule has 0 heterocycles. The first-order valence-electron chi connectivity index (χ1n) is 5.19. The lowest BCUT2D eigenvalue weighted by Crippen LogP contribution is -2.19. The van der Waals surface area contributed by atoms with Gasteiger partial charge in [-0.1, -0.05) is 32.4 Å². The van der Waals surface area contributed by atoms with E-state index in [2.05, 4.69) is 13.8 Å². The molecule has 0 aliphatic heterocycles. The quantitative estimate of drug-likeness (QED) is 0.831. The zero-order chi connectivity index (χ0) is 11.4. The van der Waals surface area contributed by atoms with Crippen molar-refractivity contribution in [1.29, 1.82) is 0 Å². The zero-order valence-electron chi connectivity index (χ0n) is 9.46. The third kappa shape index (κ3) is 2.48. The fraction of sp³-hybridized carbons (Fsp3) is 0.500. The molecule has 3 heteroatoms. The van der Waals surface area contributed by atoms with E-state index in [9.17, 15) is 4.39 Å². The monoisotopic (exact) mass is 211 g/mol. The van der Waals surface area contributed by atoms with Gasteiger partial charge in [0, 0.05) is 11.6 Å². The second-order valence-corrected chi connectivity index (χ2v) is 3.77. The molecule has 0 fully saturated rings. The molecule has 1 unspecified atom stereocenters. The number of para-hydroxylation sites is 1. The predicted molar refractivity (Wildman–Crippen MR) is 59.3 cm³/mol. The van der Waals surface area contributed by atoms with Crippen LogP contribution in [0.25, 0.3) is 0 Å². The molecule has 1 aromatic carbocycles. The number of hydrogen-bond donors (Lipinski definition) is 1. The topological polar surface area (TPSA) is 35.2 Å². The number of rotatable bonds is 4. The molecule has 1 aromatic rings. The Morgan fingerprint density at radius 3 is 2.67 bits per heavy atom. The van der Waals surface area contributed by atoms with Crippen LogP contribution >= 0.6 is 0 Å². The second-order valence-electron chi connectivity index (χ2n) is 3.77. The Morgan fingerprint density at radius 2 is 2.13 bits per heavy atom. The molecular formula is C12H18FNO. The largest absolute Gasteiger partial charge is 0.493 e. The van der Waals surface area contributed by atoms with Crippen molar-refractivity contribution in [2.75, 3.05) is 7.11 Å². The Morgan fingerprint density at radius 1 is 1.47 bits per heavy atom. The van der Waals surface area contributed by atoms with E-state index in [0.717, 1.165) is 12.0 Å². The van der Waals surface area contributed by atoms with Gasteiger partial charge in [0.2, 0.25) is 0 Å². The van der Waals surface area contributed by atoms with Crippen molar-refractivity contribution in [2.45, 2.75) is 26.3 Å². The van der Waals surface area contributed by atoms with Gasteiger partial charge in [-0.3, -0.25) is 0 Å². The van der Waals surface area contributed by atoms with E-state index >= 15 is 0 Å². The van der Waals surface area contributed by atoms with E-state index < -0.39 is 0 Å². The highest BCUT2D eigenvalue weighted by molar-refractivity contribution is 5.37. The second kappa shape index (κ2) is 5.12. The van der Waals surface area contributed by atoms with Gasteiger partial charge in [0.1, 0.15) is 0 Å². The van der Waals surface area contributed by atoms with Gasteiger partial charge < -0.3 is 10.5 Å². The van der Waals surface area contributed by atoms with E-state index in [-0.39, 0.29) is 17.6 Å². The zero-order valence-corrected chi connectivity index (χ0v) is 9.46. The van der Waals surface area contributed by atoms with E-state index in [1.165, 1.54) is 13.2 Å². The molecule has 0 aliphatic rings. The Labute approximate surface area is 90.2 Å². The normalized spacial score (nSPS) is 14.7. The molecule has 0 amide bonds. The van der Waals surface area contributed by atoms with Gasteiger partial charge in [0.15, 0.2) is 11.6 Å². The predicted octanol–water partition coefficient (Wildman–Crippen LogP) is 2.88. The lowest BCUT2D eigenvalue weighted by molar-refractivity contribution is 0.365. The van der Waals surface area contributed by atoms with Crippen molar-refractivity contribution < 1.29 is 9.13 Å². The summed E-state index contributed by atoms with van der Waals surface area (Å²) in [6.07, 6.45) is 0.959. The lowest BCUT2D eigenvalue weighted by Gasteiger charge is -2.21. The fourth-order valence-electron chi connectivity index (χ4n) is 1.56. The summed E-state index contributed by atoms with van der Waals surface area (Å²) in [5, 5.41) is 0. The number of benzene rings is 1. The number of halogens is 1. The maximum Gasteiger partial charge on any atom is 0.165 e. The van der Waals surface area contributed by atoms with Gasteiger partial charge in [-0.05, 0) is 12.0 Å². The van der Waals surface area contributed by atoms with Crippen LogP contribution in [0.15, 0.2) is 18.2 Å². The molecule has 0 aromatic heterocycles. The van der Waals surface area contributed by atoms with Crippen LogP contribution in [0.1, 0.15) is 31.9 Å². The van der Waals surface area contributed by atoms with Gasteiger partial charge in [-0.25, -0.2) is 4.39 Å². The summed E-state index contributed by atoms with van der Waals surface area (Å²) < 4.78 is 18.4. The maximum atomic E-state index is 13.4. The number of methoxy groups -OCH3 is 1. The van der Waals surface area contributed by atoms with Gasteiger partial charge in [-0.15, -0.1) is 0 Å². The lowest BCUT2D eigenvalue weighted by atomic mass is 9.92. The summed E-state index contributed by atoms with van der Waals surface area (Å²) in [6, 6.07) is 4.68. The standard InChI is InChI=1S/C12H18FNO/c1-4-8(2)11(14)9-6-5-7-10(13)12(9)15-3/h5-8,11H,4,14H2,1-3H3/t8?,11-/m0/s1. The molecule has 15 heavy (non-hydrogen) atoms. The molecule has 2 N–H and O–H groups in total. The molecule has 0 saturated carbocycles.